The molecule has 1 aromatic carbocycles. The molecular weight excluding hydrogens is 241 g/mol. The van der Waals surface area contributed by atoms with Crippen LogP contribution in [0.2, 0.25) is 0 Å². The largest absolute Gasteiger partial charge is 0.416 e. The Labute approximate surface area is 104 Å². The lowest BCUT2D eigenvalue weighted by Gasteiger charge is -2.41. The summed E-state index contributed by atoms with van der Waals surface area (Å²) < 4.78 is 37.9. The van der Waals surface area contributed by atoms with Crippen LogP contribution in [0.4, 0.5) is 24.5 Å². The van der Waals surface area contributed by atoms with Crippen LogP contribution in [-0.2, 0) is 6.18 Å². The average Bonchev–Trinajstić information content (AvgIpc) is 2.45. The Bertz CT molecular complexity index is 464. The second-order valence-electron chi connectivity index (χ2n) is 5.32. The molecule has 2 nitrogen and oxygen atoms in total. The fourth-order valence-electron chi connectivity index (χ4n) is 2.68. The summed E-state index contributed by atoms with van der Waals surface area (Å²) in [5, 5.41) is 6.43. The molecule has 0 unspecified atom stereocenters. The van der Waals surface area contributed by atoms with Crippen LogP contribution in [-0.4, -0.2) is 13.1 Å². The number of anilines is 2. The van der Waals surface area contributed by atoms with E-state index in [9.17, 15) is 13.2 Å². The van der Waals surface area contributed by atoms with Gasteiger partial charge in [-0.1, -0.05) is 6.42 Å². The Balaban J connectivity index is 1.87. The molecule has 0 radical (unpaired) electrons. The number of alkyl halides is 3. The average molecular weight is 256 g/mol. The lowest BCUT2D eigenvalue weighted by atomic mass is 9.69. The molecule has 0 saturated heterocycles. The van der Waals surface area contributed by atoms with Gasteiger partial charge >= 0.3 is 6.18 Å². The SMILES string of the molecule is FC(F)(F)c1ccc2c(c1)NCC1(CCC1)CN2. The highest BCUT2D eigenvalue weighted by molar-refractivity contribution is 5.71. The van der Waals surface area contributed by atoms with Crippen LogP contribution in [0.1, 0.15) is 24.8 Å². The first-order valence-electron chi connectivity index (χ1n) is 6.18. The van der Waals surface area contributed by atoms with Gasteiger partial charge < -0.3 is 10.6 Å². The Kier molecular flexibility index (Phi) is 2.47. The van der Waals surface area contributed by atoms with Crippen molar-refractivity contribution < 1.29 is 13.2 Å². The number of nitrogens with one attached hydrogen (secondary N) is 2. The number of rotatable bonds is 0. The highest BCUT2D eigenvalue weighted by Crippen LogP contribution is 2.44. The van der Waals surface area contributed by atoms with Gasteiger partial charge in [0.25, 0.3) is 0 Å². The van der Waals surface area contributed by atoms with E-state index in [1.165, 1.54) is 18.6 Å². The highest BCUT2D eigenvalue weighted by atomic mass is 19.4. The van der Waals surface area contributed by atoms with Crippen LogP contribution in [0.25, 0.3) is 0 Å². The maximum absolute atomic E-state index is 12.6. The van der Waals surface area contributed by atoms with Crippen molar-refractivity contribution >= 4 is 11.4 Å². The standard InChI is InChI=1S/C13H15F3N2/c14-13(15,16)9-2-3-10-11(6-9)18-8-12(7-17-10)4-1-5-12/h2-3,6,17-18H,1,4-5,7-8H2. The Morgan fingerprint density at radius 3 is 2.22 bits per heavy atom. The van der Waals surface area contributed by atoms with Crippen LogP contribution < -0.4 is 10.6 Å². The van der Waals surface area contributed by atoms with E-state index in [4.69, 9.17) is 0 Å². The second-order valence-corrected chi connectivity index (χ2v) is 5.32. The molecule has 0 atom stereocenters. The molecule has 1 saturated carbocycles. The molecule has 0 aromatic heterocycles. The summed E-state index contributed by atoms with van der Waals surface area (Å²) in [5.74, 6) is 0. The van der Waals surface area contributed by atoms with Crippen molar-refractivity contribution in [2.45, 2.75) is 25.4 Å². The molecule has 1 spiro atoms. The Hall–Kier alpha value is -1.39. The van der Waals surface area contributed by atoms with Gasteiger partial charge in [-0.25, -0.2) is 0 Å². The predicted octanol–water partition coefficient (Wildman–Crippen LogP) is 3.71. The molecule has 18 heavy (non-hydrogen) atoms. The van der Waals surface area contributed by atoms with E-state index in [1.54, 1.807) is 0 Å². The third-order valence-electron chi connectivity index (χ3n) is 4.07. The molecule has 98 valence electrons. The number of benzene rings is 1. The molecule has 1 fully saturated rings. The first-order chi connectivity index (χ1) is 8.49. The summed E-state index contributed by atoms with van der Waals surface area (Å²) in [7, 11) is 0. The van der Waals surface area contributed by atoms with Gasteiger partial charge in [0.15, 0.2) is 0 Å². The minimum absolute atomic E-state index is 0.234. The number of fused-ring (bicyclic) bond motifs is 1. The number of hydrogen-bond acceptors (Lipinski definition) is 2. The molecule has 1 heterocycles. The molecular formula is C13H15F3N2. The summed E-state index contributed by atoms with van der Waals surface area (Å²) >= 11 is 0. The number of hydrogen-bond donors (Lipinski definition) is 2. The topological polar surface area (TPSA) is 24.1 Å². The van der Waals surface area contributed by atoms with Crippen molar-refractivity contribution in [3.8, 4) is 0 Å². The quantitative estimate of drug-likeness (QED) is 0.739. The zero-order valence-electron chi connectivity index (χ0n) is 9.90. The van der Waals surface area contributed by atoms with Gasteiger partial charge in [0, 0.05) is 18.5 Å². The summed E-state index contributed by atoms with van der Waals surface area (Å²) in [6.45, 7) is 1.60. The first-order valence-corrected chi connectivity index (χ1v) is 6.18. The molecule has 0 bridgehead atoms. The highest BCUT2D eigenvalue weighted by Gasteiger charge is 2.38. The smallest absolute Gasteiger partial charge is 0.383 e. The van der Waals surface area contributed by atoms with E-state index in [2.05, 4.69) is 10.6 Å². The van der Waals surface area contributed by atoms with E-state index in [0.29, 0.717) is 5.69 Å². The fraction of sp³-hybridized carbons (Fsp3) is 0.538. The van der Waals surface area contributed by atoms with E-state index >= 15 is 0 Å². The third-order valence-corrected chi connectivity index (χ3v) is 4.07. The van der Waals surface area contributed by atoms with Gasteiger partial charge in [-0.05, 0) is 31.0 Å². The summed E-state index contributed by atoms with van der Waals surface area (Å²) in [6, 6.07) is 3.84. The predicted molar refractivity (Wildman–Crippen MR) is 64.7 cm³/mol. The summed E-state index contributed by atoms with van der Waals surface area (Å²) in [4.78, 5) is 0. The van der Waals surface area contributed by atoms with Crippen LogP contribution in [0, 0.1) is 5.41 Å². The summed E-state index contributed by atoms with van der Waals surface area (Å²) in [5.41, 5.74) is 0.970. The van der Waals surface area contributed by atoms with E-state index in [-0.39, 0.29) is 5.41 Å². The van der Waals surface area contributed by atoms with Crippen LogP contribution in [0.3, 0.4) is 0 Å². The Morgan fingerprint density at radius 2 is 1.67 bits per heavy atom. The van der Waals surface area contributed by atoms with Gasteiger partial charge in [-0.2, -0.15) is 13.2 Å². The lowest BCUT2D eigenvalue weighted by molar-refractivity contribution is -0.137. The zero-order valence-corrected chi connectivity index (χ0v) is 9.90. The van der Waals surface area contributed by atoms with Crippen LogP contribution in [0.15, 0.2) is 18.2 Å². The molecule has 3 rings (SSSR count). The van der Waals surface area contributed by atoms with Gasteiger partial charge in [-0.3, -0.25) is 0 Å². The summed E-state index contributed by atoms with van der Waals surface area (Å²) in [6.07, 6.45) is -0.773. The maximum atomic E-state index is 12.6. The molecule has 1 aliphatic carbocycles. The Morgan fingerprint density at radius 1 is 1.00 bits per heavy atom. The minimum Gasteiger partial charge on any atom is -0.383 e. The van der Waals surface area contributed by atoms with Crippen molar-refractivity contribution in [3.63, 3.8) is 0 Å². The van der Waals surface area contributed by atoms with E-state index < -0.39 is 11.7 Å². The molecule has 5 heteroatoms. The zero-order chi connectivity index (χ0) is 12.8. The number of halogens is 3. The molecule has 1 aliphatic heterocycles. The monoisotopic (exact) mass is 256 g/mol. The van der Waals surface area contributed by atoms with Gasteiger partial charge in [0.1, 0.15) is 0 Å². The third kappa shape index (κ3) is 1.91. The minimum atomic E-state index is -4.28. The molecule has 0 amide bonds. The van der Waals surface area contributed by atoms with E-state index in [0.717, 1.165) is 37.7 Å². The van der Waals surface area contributed by atoms with Crippen molar-refractivity contribution in [2.75, 3.05) is 23.7 Å². The second kappa shape index (κ2) is 3.80. The van der Waals surface area contributed by atoms with Crippen molar-refractivity contribution in [2.24, 2.45) is 5.41 Å². The van der Waals surface area contributed by atoms with E-state index in [1.807, 2.05) is 0 Å². The first kappa shape index (κ1) is 11.7. The van der Waals surface area contributed by atoms with Crippen molar-refractivity contribution in [1.82, 2.24) is 0 Å². The van der Waals surface area contributed by atoms with Gasteiger partial charge in [0.2, 0.25) is 0 Å². The molecule has 2 N–H and O–H groups in total. The van der Waals surface area contributed by atoms with Crippen molar-refractivity contribution in [1.29, 1.82) is 0 Å². The normalized spacial score (nSPS) is 21.3. The van der Waals surface area contributed by atoms with Gasteiger partial charge in [0.05, 0.1) is 16.9 Å². The fourth-order valence-corrected chi connectivity index (χ4v) is 2.68. The van der Waals surface area contributed by atoms with Gasteiger partial charge in [-0.15, -0.1) is 0 Å². The van der Waals surface area contributed by atoms with Crippen LogP contribution >= 0.6 is 0 Å². The molecule has 2 aliphatic rings. The maximum Gasteiger partial charge on any atom is 0.416 e. The molecule has 1 aromatic rings. The lowest BCUT2D eigenvalue weighted by Crippen LogP contribution is -2.40. The van der Waals surface area contributed by atoms with Crippen molar-refractivity contribution in [3.05, 3.63) is 23.8 Å². The van der Waals surface area contributed by atoms with Crippen LogP contribution in [0.5, 0.6) is 0 Å².